The first-order chi connectivity index (χ1) is 9.96. The molecular formula is C15H12O6. The van der Waals surface area contributed by atoms with Gasteiger partial charge in [0.05, 0.1) is 30.9 Å². The molecular weight excluding hydrogens is 276 g/mol. The fourth-order valence-corrected chi connectivity index (χ4v) is 1.97. The lowest BCUT2D eigenvalue weighted by Gasteiger charge is -1.96. The van der Waals surface area contributed by atoms with Gasteiger partial charge in [0, 0.05) is 0 Å². The smallest absolute Gasteiger partial charge is 0.337 e. The van der Waals surface area contributed by atoms with Gasteiger partial charge in [0.25, 0.3) is 0 Å². The summed E-state index contributed by atoms with van der Waals surface area (Å²) in [4.78, 5) is 34.4. The highest BCUT2D eigenvalue weighted by Gasteiger charge is 2.17. The van der Waals surface area contributed by atoms with E-state index in [-0.39, 0.29) is 16.7 Å². The van der Waals surface area contributed by atoms with Crippen molar-refractivity contribution in [2.24, 2.45) is 0 Å². The number of carbonyl (C=O) groups excluding carboxylic acids is 2. The Hall–Kier alpha value is -2.89. The van der Waals surface area contributed by atoms with Crippen LogP contribution in [0.1, 0.15) is 31.1 Å². The third-order valence-electron chi connectivity index (χ3n) is 2.98. The highest BCUT2D eigenvalue weighted by molar-refractivity contribution is 5.99. The van der Waals surface area contributed by atoms with Gasteiger partial charge >= 0.3 is 17.9 Å². The molecule has 0 bridgehead atoms. The quantitative estimate of drug-likeness (QED) is 0.869. The normalized spacial score (nSPS) is 10.2. The first-order valence-electron chi connectivity index (χ1n) is 5.95. The molecule has 0 aliphatic heterocycles. The average molecular weight is 288 g/mol. The van der Waals surface area contributed by atoms with Crippen LogP contribution >= 0.6 is 0 Å². The Bertz CT molecular complexity index is 704. The summed E-state index contributed by atoms with van der Waals surface area (Å²) in [5, 5.41) is 9.15. The molecule has 1 N–H and O–H groups in total. The van der Waals surface area contributed by atoms with Crippen molar-refractivity contribution in [1.29, 1.82) is 0 Å². The van der Waals surface area contributed by atoms with Crippen LogP contribution < -0.4 is 0 Å². The largest absolute Gasteiger partial charge is 0.478 e. The highest BCUT2D eigenvalue weighted by atomic mass is 16.5. The summed E-state index contributed by atoms with van der Waals surface area (Å²) in [7, 11) is 2.46. The molecule has 0 amide bonds. The number of hydrogen-bond donors (Lipinski definition) is 1. The van der Waals surface area contributed by atoms with Gasteiger partial charge in [-0.25, -0.2) is 14.4 Å². The molecule has 0 aromatic rings. The molecule has 0 spiro atoms. The number of hydrogen-bond acceptors (Lipinski definition) is 5. The summed E-state index contributed by atoms with van der Waals surface area (Å²) in [6.45, 7) is 0. The van der Waals surface area contributed by atoms with Crippen LogP contribution in [0, 0.1) is 0 Å². The second-order valence-corrected chi connectivity index (χ2v) is 4.29. The first-order valence-corrected chi connectivity index (χ1v) is 5.95. The van der Waals surface area contributed by atoms with Crippen molar-refractivity contribution in [2.45, 2.75) is 0 Å². The predicted molar refractivity (Wildman–Crippen MR) is 72.7 cm³/mol. The molecule has 0 unspecified atom stereocenters. The van der Waals surface area contributed by atoms with Crippen molar-refractivity contribution in [1.82, 2.24) is 0 Å². The van der Waals surface area contributed by atoms with Gasteiger partial charge in [-0.2, -0.15) is 0 Å². The van der Waals surface area contributed by atoms with Crippen LogP contribution in [0.25, 0.3) is 11.1 Å². The Morgan fingerprint density at radius 2 is 1.14 bits per heavy atom. The molecule has 0 saturated carbocycles. The van der Waals surface area contributed by atoms with E-state index in [2.05, 4.69) is 9.47 Å². The average Bonchev–Trinajstić information content (AvgIpc) is 2.77. The summed E-state index contributed by atoms with van der Waals surface area (Å²) in [5.41, 5.74) is 1.36. The van der Waals surface area contributed by atoms with Crippen molar-refractivity contribution in [3.8, 4) is 11.1 Å². The van der Waals surface area contributed by atoms with Gasteiger partial charge in [0.2, 0.25) is 0 Å². The Morgan fingerprint density at radius 1 is 0.762 bits per heavy atom. The Balaban J connectivity index is 2.69. The summed E-state index contributed by atoms with van der Waals surface area (Å²) >= 11 is 0. The number of aromatic carboxylic acids is 1. The minimum absolute atomic E-state index is 0.0765. The number of fused-ring (bicyclic) bond motifs is 1. The van der Waals surface area contributed by atoms with E-state index in [4.69, 9.17) is 5.11 Å². The lowest BCUT2D eigenvalue weighted by Crippen LogP contribution is -2.02. The van der Waals surface area contributed by atoms with Crippen LogP contribution in [0.15, 0.2) is 30.3 Å². The standard InChI is InChI=1S/C15H12O6/c1-20-14(18)11-4-8-3-10(13(16)17)7-12(15(19)21-2)6-9(8)5-11/h3-7H,1-2H3,(H,16,17). The van der Waals surface area contributed by atoms with Gasteiger partial charge in [-0.15, -0.1) is 0 Å². The monoisotopic (exact) mass is 288 g/mol. The second kappa shape index (κ2) is 5.62. The molecule has 2 aliphatic rings. The Kier molecular flexibility index (Phi) is 3.89. The van der Waals surface area contributed by atoms with Gasteiger partial charge in [0.15, 0.2) is 0 Å². The third-order valence-corrected chi connectivity index (χ3v) is 2.98. The minimum atomic E-state index is -1.18. The summed E-state index contributed by atoms with van der Waals surface area (Å²) < 4.78 is 9.23. The van der Waals surface area contributed by atoms with E-state index < -0.39 is 17.9 Å². The Labute approximate surface area is 120 Å². The van der Waals surface area contributed by atoms with E-state index in [9.17, 15) is 14.4 Å². The molecule has 6 nitrogen and oxygen atoms in total. The minimum Gasteiger partial charge on any atom is -0.478 e. The highest BCUT2D eigenvalue weighted by Crippen LogP contribution is 2.28. The molecule has 6 heteroatoms. The van der Waals surface area contributed by atoms with E-state index in [0.29, 0.717) is 11.1 Å². The topological polar surface area (TPSA) is 89.9 Å². The maximum Gasteiger partial charge on any atom is 0.337 e. The molecule has 0 aromatic heterocycles. The molecule has 0 fully saturated rings. The van der Waals surface area contributed by atoms with Crippen LogP contribution in [0.3, 0.4) is 0 Å². The number of methoxy groups -OCH3 is 2. The molecule has 0 heterocycles. The van der Waals surface area contributed by atoms with Crippen molar-refractivity contribution >= 4 is 17.9 Å². The molecule has 21 heavy (non-hydrogen) atoms. The van der Waals surface area contributed by atoms with E-state index >= 15 is 0 Å². The summed E-state index contributed by atoms with van der Waals surface area (Å²) in [6, 6.07) is 7.12. The number of esters is 2. The van der Waals surface area contributed by atoms with Crippen LogP contribution in [0.5, 0.6) is 0 Å². The fourth-order valence-electron chi connectivity index (χ4n) is 1.97. The number of carbonyl (C=O) groups is 3. The van der Waals surface area contributed by atoms with Crippen molar-refractivity contribution in [3.05, 3.63) is 47.0 Å². The van der Waals surface area contributed by atoms with E-state index in [0.717, 1.165) is 0 Å². The number of rotatable bonds is 3. The van der Waals surface area contributed by atoms with Crippen molar-refractivity contribution in [2.75, 3.05) is 14.2 Å². The van der Waals surface area contributed by atoms with Gasteiger partial charge in [0.1, 0.15) is 0 Å². The molecule has 108 valence electrons. The molecule has 0 saturated heterocycles. The van der Waals surface area contributed by atoms with Gasteiger partial charge in [-0.05, 0) is 41.5 Å². The van der Waals surface area contributed by atoms with Crippen LogP contribution in [0.2, 0.25) is 0 Å². The summed E-state index contributed by atoms with van der Waals surface area (Å²) in [5.74, 6) is -2.38. The zero-order valence-electron chi connectivity index (χ0n) is 11.4. The van der Waals surface area contributed by atoms with E-state index in [1.165, 1.54) is 44.6 Å². The Morgan fingerprint density at radius 3 is 1.52 bits per heavy atom. The second-order valence-electron chi connectivity index (χ2n) is 4.29. The molecule has 0 aromatic carbocycles. The molecule has 0 radical (unpaired) electrons. The van der Waals surface area contributed by atoms with Gasteiger partial charge in [-0.1, -0.05) is 0 Å². The summed E-state index contributed by atoms with van der Waals surface area (Å²) in [6.07, 6.45) is 0. The first kappa shape index (κ1) is 14.5. The number of carboxylic acids is 1. The lowest BCUT2D eigenvalue weighted by molar-refractivity contribution is 0.0592. The maximum atomic E-state index is 11.7. The number of carboxylic acid groups (broad SMARTS) is 1. The fraction of sp³-hybridized carbons (Fsp3) is 0.133. The third kappa shape index (κ3) is 2.84. The number of ether oxygens (including phenoxy) is 2. The van der Waals surface area contributed by atoms with E-state index in [1.54, 1.807) is 0 Å². The van der Waals surface area contributed by atoms with Crippen LogP contribution in [0.4, 0.5) is 0 Å². The lowest BCUT2D eigenvalue weighted by atomic mass is 10.2. The van der Waals surface area contributed by atoms with Crippen molar-refractivity contribution < 1.29 is 29.0 Å². The van der Waals surface area contributed by atoms with Crippen molar-refractivity contribution in [3.63, 3.8) is 0 Å². The molecule has 2 aliphatic carbocycles. The SMILES string of the molecule is COC(=O)c1cc(C(=O)O)cc2cc(C(=O)OC)cc-2c1. The maximum absolute atomic E-state index is 11.7. The van der Waals surface area contributed by atoms with Crippen LogP contribution in [-0.4, -0.2) is 37.2 Å². The van der Waals surface area contributed by atoms with Gasteiger partial charge < -0.3 is 14.6 Å². The van der Waals surface area contributed by atoms with Crippen LogP contribution in [-0.2, 0) is 9.47 Å². The molecule has 2 rings (SSSR count). The van der Waals surface area contributed by atoms with E-state index in [1.807, 2.05) is 0 Å². The van der Waals surface area contributed by atoms with Gasteiger partial charge in [-0.3, -0.25) is 0 Å². The zero-order valence-corrected chi connectivity index (χ0v) is 11.4. The zero-order chi connectivity index (χ0) is 15.6. The molecule has 0 atom stereocenters. The predicted octanol–water partition coefficient (Wildman–Crippen LogP) is 2.06.